The lowest BCUT2D eigenvalue weighted by atomic mass is 9.81. The Kier molecular flexibility index (Phi) is 17.6. The topological polar surface area (TPSA) is 189 Å². The number of likely N-dealkylation sites (tertiary alicyclic amines) is 1. The highest BCUT2D eigenvalue weighted by molar-refractivity contribution is 7.80. The average molecular weight is 988 g/mol. The van der Waals surface area contributed by atoms with Gasteiger partial charge in [0.1, 0.15) is 18.8 Å². The van der Waals surface area contributed by atoms with Crippen LogP contribution in [-0.4, -0.2) is 107 Å². The molecule has 3 N–H and O–H groups in total. The van der Waals surface area contributed by atoms with Crippen molar-refractivity contribution in [1.29, 1.82) is 0 Å². The number of carbonyl (C=O) groups excluding carboxylic acids is 4. The van der Waals surface area contributed by atoms with Gasteiger partial charge in [-0.25, -0.2) is 0 Å². The Balaban J connectivity index is 1.08. The molecule has 69 heavy (non-hydrogen) atoms. The molecule has 4 aromatic carbocycles. The van der Waals surface area contributed by atoms with Crippen molar-refractivity contribution >= 4 is 52.7 Å². The van der Waals surface area contributed by atoms with Gasteiger partial charge in [-0.15, -0.1) is 0 Å². The molecule has 9 atom stereocenters. The molecule has 4 aromatic rings. The lowest BCUT2D eigenvalue weighted by Crippen LogP contribution is -2.62. The number of ether oxygens (including phenoxy) is 7. The molecular weight excluding hydrogens is 928 g/mol. The van der Waals surface area contributed by atoms with Crippen LogP contribution in [0.2, 0.25) is 5.02 Å². The van der Waals surface area contributed by atoms with E-state index >= 15 is 0 Å². The molecule has 0 saturated carbocycles. The zero-order valence-electron chi connectivity index (χ0n) is 39.0. The summed E-state index contributed by atoms with van der Waals surface area (Å²) in [5, 5.41) is 25.4. The van der Waals surface area contributed by atoms with E-state index in [1.54, 1.807) is 0 Å². The fourth-order valence-electron chi connectivity index (χ4n) is 9.30. The van der Waals surface area contributed by atoms with Crippen molar-refractivity contribution in [3.8, 4) is 0 Å². The molecule has 17 heteroatoms. The van der Waals surface area contributed by atoms with Gasteiger partial charge in [0.05, 0.1) is 29.4 Å². The van der Waals surface area contributed by atoms with Crippen LogP contribution in [0.3, 0.4) is 0 Å². The minimum Gasteiger partial charge on any atom is -0.463 e. The van der Waals surface area contributed by atoms with Crippen LogP contribution >= 0.6 is 23.8 Å². The van der Waals surface area contributed by atoms with Gasteiger partial charge in [0.15, 0.2) is 24.6 Å². The second-order valence-corrected chi connectivity index (χ2v) is 18.6. The molecule has 7 rings (SSSR count). The number of aliphatic hydroxyl groups excluding tert-OH is 1. The summed E-state index contributed by atoms with van der Waals surface area (Å²) in [6, 6.07) is 33.2. The molecule has 0 amide bonds. The van der Waals surface area contributed by atoms with Crippen LogP contribution in [0.5, 0.6) is 0 Å². The normalized spacial score (nSPS) is 25.7. The fraction of sp³-hybridized carbons (Fsp3) is 0.442. The van der Waals surface area contributed by atoms with E-state index in [0.29, 0.717) is 49.0 Å². The number of hydrogen-bond acceptors (Lipinski definition) is 15. The molecule has 3 aliphatic rings. The summed E-state index contributed by atoms with van der Waals surface area (Å²) in [6.07, 6.45) is -6.28. The van der Waals surface area contributed by atoms with E-state index in [4.69, 9.17) is 57.0 Å². The number of thiocarbonyl (C=S) groups is 1. The van der Waals surface area contributed by atoms with E-state index in [0.717, 1.165) is 40.3 Å². The number of carbonyl (C=O) groups is 4. The largest absolute Gasteiger partial charge is 0.463 e. The summed E-state index contributed by atoms with van der Waals surface area (Å²) in [6.45, 7) is 6.50. The quantitative estimate of drug-likeness (QED) is 0.0612. The molecule has 3 saturated heterocycles. The predicted molar refractivity (Wildman–Crippen MR) is 256 cm³/mol. The van der Waals surface area contributed by atoms with Gasteiger partial charge in [0.25, 0.3) is 0 Å². The first kappa shape index (κ1) is 51.5. The van der Waals surface area contributed by atoms with Crippen molar-refractivity contribution in [3.05, 3.63) is 142 Å². The van der Waals surface area contributed by atoms with Crippen molar-refractivity contribution in [2.24, 2.45) is 0 Å². The van der Waals surface area contributed by atoms with Crippen LogP contribution in [0.4, 0.5) is 0 Å². The van der Waals surface area contributed by atoms with Gasteiger partial charge in [0, 0.05) is 76.8 Å². The molecular formula is C52H59ClN2O13S. The molecule has 0 bridgehead atoms. The Hall–Kier alpha value is -5.30. The van der Waals surface area contributed by atoms with E-state index in [1.165, 1.54) is 20.8 Å². The molecule has 0 spiro atoms. The van der Waals surface area contributed by atoms with Gasteiger partial charge in [0.2, 0.25) is 0 Å². The lowest BCUT2D eigenvalue weighted by molar-refractivity contribution is -0.264. The van der Waals surface area contributed by atoms with E-state index in [2.05, 4.69) is 22.3 Å². The maximum atomic E-state index is 12.3. The Morgan fingerprint density at radius 3 is 1.87 bits per heavy atom. The van der Waals surface area contributed by atoms with Gasteiger partial charge in [-0.1, -0.05) is 115 Å². The molecule has 0 aliphatic carbocycles. The van der Waals surface area contributed by atoms with Crippen LogP contribution in [0.1, 0.15) is 98.7 Å². The fourth-order valence-corrected chi connectivity index (χ4v) is 9.67. The molecule has 368 valence electrons. The van der Waals surface area contributed by atoms with Crippen molar-refractivity contribution in [3.63, 3.8) is 0 Å². The van der Waals surface area contributed by atoms with E-state index in [9.17, 15) is 29.4 Å². The average Bonchev–Trinajstić information content (AvgIpc) is 3.33. The van der Waals surface area contributed by atoms with Crippen molar-refractivity contribution in [2.75, 3.05) is 26.2 Å². The number of nitrogens with zero attached hydrogens (tertiary/aromatic N) is 1. The highest BCUT2D eigenvalue weighted by Gasteiger charge is 2.52. The monoisotopic (exact) mass is 986 g/mol. The van der Waals surface area contributed by atoms with Gasteiger partial charge in [-0.05, 0) is 52.8 Å². The van der Waals surface area contributed by atoms with E-state index in [1.807, 2.05) is 91.0 Å². The molecule has 3 heterocycles. The minimum absolute atomic E-state index is 0.00167. The summed E-state index contributed by atoms with van der Waals surface area (Å²) >= 11 is 11.9. The summed E-state index contributed by atoms with van der Waals surface area (Å²) < 4.78 is 42.1. The maximum absolute atomic E-state index is 12.3. The highest BCUT2D eigenvalue weighted by atomic mass is 35.5. The number of hydrogen-bond donors (Lipinski definition) is 3. The van der Waals surface area contributed by atoms with Gasteiger partial charge in [-0.3, -0.25) is 19.2 Å². The first-order chi connectivity index (χ1) is 33.1. The minimum atomic E-state index is -1.30. The van der Waals surface area contributed by atoms with E-state index < -0.39 is 72.4 Å². The van der Waals surface area contributed by atoms with Gasteiger partial charge >= 0.3 is 23.9 Å². The highest BCUT2D eigenvalue weighted by Crippen LogP contribution is 2.47. The maximum Gasteiger partial charge on any atom is 0.303 e. The second-order valence-electron chi connectivity index (χ2n) is 17.7. The Morgan fingerprint density at radius 2 is 1.28 bits per heavy atom. The number of esters is 4. The third kappa shape index (κ3) is 13.5. The van der Waals surface area contributed by atoms with Crippen LogP contribution in [-0.2, 0) is 71.1 Å². The lowest BCUT2D eigenvalue weighted by Gasteiger charge is -2.46. The summed E-state index contributed by atoms with van der Waals surface area (Å²) in [5.74, 6) is -2.95. The zero-order chi connectivity index (χ0) is 49.2. The molecule has 3 fully saturated rings. The van der Waals surface area contributed by atoms with Crippen molar-refractivity contribution < 1.29 is 62.5 Å². The first-order valence-corrected chi connectivity index (χ1v) is 23.8. The third-order valence-electron chi connectivity index (χ3n) is 12.7. The number of piperidine rings is 1. The second kappa shape index (κ2) is 23.5. The molecule has 9 unspecified atom stereocenters. The molecule has 0 radical (unpaired) electrons. The SMILES string of the molecule is CC(=O)OCC1OC(CC(=S)NCc2ccc(C3OC(CN4CCC(O)(c5ccc(Cl)cc5)CC4)C(c4ccccc4)C(c4ccc(CO)cc4)O3)cc2)C(OC(C)=O)C(OC(C)=O)C1OC(C)=O. The van der Waals surface area contributed by atoms with E-state index in [-0.39, 0.29) is 31.7 Å². The van der Waals surface area contributed by atoms with Crippen molar-refractivity contribution in [1.82, 2.24) is 10.2 Å². The Labute approximate surface area is 412 Å². The number of nitrogens with one attached hydrogen (secondary N) is 1. The zero-order valence-corrected chi connectivity index (χ0v) is 40.6. The van der Waals surface area contributed by atoms with Crippen LogP contribution < -0.4 is 5.32 Å². The van der Waals surface area contributed by atoms with Crippen LogP contribution in [0.15, 0.2) is 103 Å². The molecule has 0 aromatic heterocycles. The van der Waals surface area contributed by atoms with Crippen molar-refractivity contribution in [2.45, 2.75) is 121 Å². The van der Waals surface area contributed by atoms with Crippen LogP contribution in [0, 0.1) is 0 Å². The Morgan fingerprint density at radius 1 is 0.696 bits per heavy atom. The number of rotatable bonds is 16. The molecule has 15 nitrogen and oxygen atoms in total. The molecule has 3 aliphatic heterocycles. The summed E-state index contributed by atoms with van der Waals surface area (Å²) in [5.41, 5.74) is 4.35. The predicted octanol–water partition coefficient (Wildman–Crippen LogP) is 6.69. The van der Waals surface area contributed by atoms with Gasteiger partial charge in [-0.2, -0.15) is 0 Å². The smallest absolute Gasteiger partial charge is 0.303 e. The summed E-state index contributed by atoms with van der Waals surface area (Å²) in [7, 11) is 0. The standard InChI is InChI=1S/C52H59ClN2O13S/c1-31(57)62-30-44-49(64-33(3)59)50(65-34(4)60)48(63-32(2)58)42(66-44)26-45(69)54-27-35-10-16-39(17-11-35)51-67-43(28-55-24-22-52(61,23-25-55)40-18-20-41(53)21-19-40)46(37-8-6-5-7-9-37)47(68-51)38-14-12-36(29-56)13-15-38/h5-21,42-44,46-51,56,61H,22-30H2,1-4H3,(H,54,69). The summed E-state index contributed by atoms with van der Waals surface area (Å²) in [4.78, 5) is 51.3. The van der Waals surface area contributed by atoms with Gasteiger partial charge < -0.3 is 53.6 Å². The number of halogens is 1. The first-order valence-electron chi connectivity index (χ1n) is 23.0. The Bertz CT molecular complexity index is 2380. The van der Waals surface area contributed by atoms with Crippen LogP contribution in [0.25, 0.3) is 0 Å². The third-order valence-corrected chi connectivity index (χ3v) is 13.3. The number of aliphatic hydroxyl groups is 2. The number of benzene rings is 4.